The molecule has 23 heavy (non-hydrogen) atoms. The molecule has 0 amide bonds. The zero-order valence-corrected chi connectivity index (χ0v) is 12.8. The van der Waals surface area contributed by atoms with Crippen LogP contribution in [0.4, 0.5) is 4.39 Å². The molecule has 0 bridgehead atoms. The third-order valence-electron chi connectivity index (χ3n) is 2.83. The van der Waals surface area contributed by atoms with E-state index in [4.69, 9.17) is 14.0 Å². The van der Waals surface area contributed by atoms with Crippen molar-refractivity contribution in [1.29, 1.82) is 0 Å². The van der Waals surface area contributed by atoms with Crippen LogP contribution in [0, 0.1) is 0 Å². The molecule has 0 unspecified atom stereocenters. The molecular formula is C16H16FN3O3. The number of ether oxygens (including phenoxy) is 2. The Morgan fingerprint density at radius 2 is 2.00 bits per heavy atom. The van der Waals surface area contributed by atoms with Crippen molar-refractivity contribution in [3.05, 3.63) is 42.8 Å². The molecule has 0 spiro atoms. The third kappa shape index (κ3) is 4.03. The first-order valence-electron chi connectivity index (χ1n) is 6.70. The van der Waals surface area contributed by atoms with E-state index < -0.39 is 6.67 Å². The highest BCUT2D eigenvalue weighted by molar-refractivity contribution is 5.73. The third-order valence-corrected chi connectivity index (χ3v) is 2.83. The van der Waals surface area contributed by atoms with E-state index in [0.717, 1.165) is 6.21 Å². The number of alkyl halides is 1. The Balaban J connectivity index is 2.40. The average molecular weight is 317 g/mol. The van der Waals surface area contributed by atoms with Crippen molar-refractivity contribution in [2.24, 2.45) is 4.99 Å². The van der Waals surface area contributed by atoms with E-state index >= 15 is 0 Å². The molecule has 0 radical (unpaired) electrons. The lowest BCUT2D eigenvalue weighted by Gasteiger charge is -2.05. The highest BCUT2D eigenvalue weighted by Crippen LogP contribution is 2.29. The van der Waals surface area contributed by atoms with Gasteiger partial charge in [0.15, 0.2) is 0 Å². The molecule has 1 aromatic heterocycles. The van der Waals surface area contributed by atoms with Crippen LogP contribution in [0.5, 0.6) is 11.5 Å². The Kier molecular flexibility index (Phi) is 5.62. The van der Waals surface area contributed by atoms with Crippen molar-refractivity contribution in [3.8, 4) is 23.0 Å². The van der Waals surface area contributed by atoms with Gasteiger partial charge in [-0.15, -0.1) is 0 Å². The van der Waals surface area contributed by atoms with Crippen LogP contribution < -0.4 is 9.47 Å². The van der Waals surface area contributed by atoms with Crippen LogP contribution in [0.3, 0.4) is 0 Å². The minimum Gasteiger partial charge on any atom is -0.497 e. The summed E-state index contributed by atoms with van der Waals surface area (Å²) in [5, 5.41) is 3.86. The van der Waals surface area contributed by atoms with E-state index in [9.17, 15) is 4.39 Å². The lowest BCUT2D eigenvalue weighted by atomic mass is 10.2. The van der Waals surface area contributed by atoms with E-state index in [1.807, 2.05) is 0 Å². The molecule has 120 valence electrons. The normalized spacial score (nSPS) is 11.7. The first-order valence-corrected chi connectivity index (χ1v) is 6.70. The topological polar surface area (TPSA) is 69.7 Å². The number of benzene rings is 1. The number of hydrogen-bond donors (Lipinski definition) is 0. The van der Waals surface area contributed by atoms with Crippen LogP contribution in [0.15, 0.2) is 46.4 Å². The number of methoxy groups -OCH3 is 2. The largest absolute Gasteiger partial charge is 0.497 e. The van der Waals surface area contributed by atoms with Crippen molar-refractivity contribution < 1.29 is 18.4 Å². The molecule has 0 saturated carbocycles. The number of hydrogen-bond acceptors (Lipinski definition) is 6. The Bertz CT molecular complexity index is 716. The summed E-state index contributed by atoms with van der Waals surface area (Å²) in [4.78, 5) is 8.19. The van der Waals surface area contributed by atoms with E-state index in [1.165, 1.54) is 6.08 Å². The van der Waals surface area contributed by atoms with E-state index in [2.05, 4.69) is 21.7 Å². The maximum Gasteiger partial charge on any atom is 0.258 e. The molecule has 7 heteroatoms. The van der Waals surface area contributed by atoms with E-state index in [0.29, 0.717) is 22.8 Å². The molecular weight excluding hydrogens is 301 g/mol. The summed E-state index contributed by atoms with van der Waals surface area (Å²) >= 11 is 0. The molecule has 1 heterocycles. The Hall–Kier alpha value is -2.96. The fourth-order valence-corrected chi connectivity index (χ4v) is 1.80. The van der Waals surface area contributed by atoms with Gasteiger partial charge in [-0.25, -0.2) is 4.39 Å². The smallest absolute Gasteiger partial charge is 0.258 e. The molecule has 0 atom stereocenters. The quantitative estimate of drug-likeness (QED) is 0.579. The first-order chi connectivity index (χ1) is 11.2. The van der Waals surface area contributed by atoms with Crippen molar-refractivity contribution in [1.82, 2.24) is 10.1 Å². The minimum atomic E-state index is -0.688. The van der Waals surface area contributed by atoms with Gasteiger partial charge in [0, 0.05) is 17.8 Å². The van der Waals surface area contributed by atoms with Gasteiger partial charge in [-0.3, -0.25) is 4.99 Å². The Morgan fingerprint density at radius 1 is 1.30 bits per heavy atom. The second-order valence-electron chi connectivity index (χ2n) is 4.28. The van der Waals surface area contributed by atoms with Gasteiger partial charge in [-0.05, 0) is 18.2 Å². The minimum absolute atomic E-state index is 0.228. The van der Waals surface area contributed by atoms with Crippen LogP contribution in [-0.4, -0.2) is 37.2 Å². The van der Waals surface area contributed by atoms with Crippen molar-refractivity contribution in [3.63, 3.8) is 0 Å². The number of allylic oxidation sites excluding steroid dienone is 2. The van der Waals surface area contributed by atoms with Crippen molar-refractivity contribution >= 4 is 11.9 Å². The summed E-state index contributed by atoms with van der Waals surface area (Å²) < 4.78 is 27.9. The predicted molar refractivity (Wildman–Crippen MR) is 85.5 cm³/mol. The van der Waals surface area contributed by atoms with Gasteiger partial charge in [0.2, 0.25) is 5.82 Å². The molecule has 1 aromatic carbocycles. The van der Waals surface area contributed by atoms with Gasteiger partial charge in [-0.2, -0.15) is 4.98 Å². The number of halogens is 1. The van der Waals surface area contributed by atoms with Gasteiger partial charge in [0.05, 0.1) is 14.2 Å². The fourth-order valence-electron chi connectivity index (χ4n) is 1.80. The standard InChI is InChI=1S/C16H16FN3O3/c1-4-5-14(18-7-6-17)15-19-16(23-20-15)11-8-12(21-2)10-13(9-11)22-3/h4-5,7-10H,1,6H2,2-3H3/b14-5-,18-7?. The van der Waals surface area contributed by atoms with Gasteiger partial charge in [0.1, 0.15) is 23.9 Å². The highest BCUT2D eigenvalue weighted by Gasteiger charge is 2.14. The molecule has 0 saturated heterocycles. The number of rotatable bonds is 7. The van der Waals surface area contributed by atoms with Crippen molar-refractivity contribution in [2.75, 3.05) is 20.9 Å². The second kappa shape index (κ2) is 7.88. The van der Waals surface area contributed by atoms with Crippen LogP contribution in [0.1, 0.15) is 5.82 Å². The summed E-state index contributed by atoms with van der Waals surface area (Å²) in [6.45, 7) is 2.89. The molecule has 0 aliphatic heterocycles. The summed E-state index contributed by atoms with van der Waals surface area (Å²) in [7, 11) is 3.10. The van der Waals surface area contributed by atoms with Gasteiger partial charge >= 0.3 is 0 Å². The molecule has 0 aliphatic rings. The number of nitrogens with zero attached hydrogens (tertiary/aromatic N) is 3. The Labute approximate surface area is 133 Å². The van der Waals surface area contributed by atoms with Crippen LogP contribution in [-0.2, 0) is 0 Å². The summed E-state index contributed by atoms with van der Waals surface area (Å²) in [5.74, 6) is 1.68. The number of aromatic nitrogens is 2. The lowest BCUT2D eigenvalue weighted by Crippen LogP contribution is -1.90. The molecule has 2 aromatic rings. The fraction of sp³-hybridized carbons (Fsp3) is 0.188. The van der Waals surface area contributed by atoms with E-state index in [-0.39, 0.29) is 11.7 Å². The number of aliphatic imine (C=N–C) groups is 1. The van der Waals surface area contributed by atoms with Crippen LogP contribution in [0.2, 0.25) is 0 Å². The summed E-state index contributed by atoms with van der Waals surface area (Å²) in [6, 6.07) is 5.21. The van der Waals surface area contributed by atoms with Crippen molar-refractivity contribution in [2.45, 2.75) is 0 Å². The molecule has 0 N–H and O–H groups in total. The Morgan fingerprint density at radius 3 is 2.57 bits per heavy atom. The second-order valence-corrected chi connectivity index (χ2v) is 4.28. The highest BCUT2D eigenvalue weighted by atomic mass is 19.1. The molecule has 0 fully saturated rings. The van der Waals surface area contributed by atoms with Crippen LogP contribution in [0.25, 0.3) is 17.2 Å². The zero-order valence-electron chi connectivity index (χ0n) is 12.8. The zero-order chi connectivity index (χ0) is 16.7. The van der Waals surface area contributed by atoms with E-state index in [1.54, 1.807) is 38.5 Å². The molecule has 0 aliphatic carbocycles. The lowest BCUT2D eigenvalue weighted by molar-refractivity contribution is 0.393. The van der Waals surface area contributed by atoms with Gasteiger partial charge in [-0.1, -0.05) is 17.8 Å². The predicted octanol–water partition coefficient (Wildman–Crippen LogP) is 3.32. The van der Waals surface area contributed by atoms with Crippen LogP contribution >= 0.6 is 0 Å². The van der Waals surface area contributed by atoms with Gasteiger partial charge in [0.25, 0.3) is 5.89 Å². The van der Waals surface area contributed by atoms with Gasteiger partial charge < -0.3 is 14.0 Å². The molecule has 2 rings (SSSR count). The molecule has 6 nitrogen and oxygen atoms in total. The maximum atomic E-state index is 12.3. The maximum absolute atomic E-state index is 12.3. The first kappa shape index (κ1) is 16.4. The monoisotopic (exact) mass is 317 g/mol. The summed E-state index contributed by atoms with van der Waals surface area (Å²) in [6.07, 6.45) is 4.18. The SMILES string of the molecule is C=C/C=C(\N=CCF)c1noc(-c2cc(OC)cc(OC)c2)n1. The summed E-state index contributed by atoms with van der Waals surface area (Å²) in [5.41, 5.74) is 0.981. The average Bonchev–Trinajstić information content (AvgIpc) is 3.08.